The van der Waals surface area contributed by atoms with Crippen molar-refractivity contribution in [3.05, 3.63) is 35.4 Å². The maximum Gasteiger partial charge on any atom is 0.126 e. The van der Waals surface area contributed by atoms with Crippen LogP contribution in [0, 0.1) is 0 Å². The molecule has 1 aliphatic heterocycles. The second kappa shape index (κ2) is 8.39. The molecule has 3 nitrogen and oxygen atoms in total. The van der Waals surface area contributed by atoms with Crippen molar-refractivity contribution in [1.82, 2.24) is 0 Å². The van der Waals surface area contributed by atoms with Crippen LogP contribution in [-0.2, 0) is 11.2 Å². The van der Waals surface area contributed by atoms with E-state index >= 15 is 0 Å². The van der Waals surface area contributed by atoms with E-state index in [1.807, 2.05) is 12.1 Å². The Morgan fingerprint density at radius 1 is 1.39 bits per heavy atom. The van der Waals surface area contributed by atoms with Crippen molar-refractivity contribution in [3.8, 4) is 11.5 Å². The number of rotatable bonds is 9. The molecule has 1 aromatic carbocycles. The van der Waals surface area contributed by atoms with E-state index in [4.69, 9.17) is 14.2 Å². The molecule has 3 heteroatoms. The highest BCUT2D eigenvalue weighted by atomic mass is 16.5. The summed E-state index contributed by atoms with van der Waals surface area (Å²) in [6, 6.07) is 6.13. The summed E-state index contributed by atoms with van der Waals surface area (Å²) in [4.78, 5) is 0. The van der Waals surface area contributed by atoms with Gasteiger partial charge in [-0.2, -0.15) is 0 Å². The lowest BCUT2D eigenvalue weighted by Crippen LogP contribution is -2.25. The summed E-state index contributed by atoms with van der Waals surface area (Å²) in [6.45, 7) is 7.94. The van der Waals surface area contributed by atoms with Gasteiger partial charge in [0.05, 0.1) is 12.2 Å². The Bertz CT molecular complexity index is 530. The first kappa shape index (κ1) is 17.9. The van der Waals surface area contributed by atoms with Crippen molar-refractivity contribution in [2.24, 2.45) is 0 Å². The summed E-state index contributed by atoms with van der Waals surface area (Å²) in [6.07, 6.45) is 7.56. The molecular weight excluding hydrogens is 288 g/mol. The first-order valence-electron chi connectivity index (χ1n) is 8.65. The van der Waals surface area contributed by atoms with Crippen LogP contribution in [0.5, 0.6) is 11.5 Å². The van der Waals surface area contributed by atoms with E-state index in [0.717, 1.165) is 50.2 Å². The average molecular weight is 318 g/mol. The van der Waals surface area contributed by atoms with Gasteiger partial charge in [0.2, 0.25) is 0 Å². The summed E-state index contributed by atoms with van der Waals surface area (Å²) in [5.74, 6) is 1.86. The monoisotopic (exact) mass is 318 g/mol. The summed E-state index contributed by atoms with van der Waals surface area (Å²) < 4.78 is 17.0. The molecule has 0 radical (unpaired) electrons. The lowest BCUT2D eigenvalue weighted by molar-refractivity contribution is -0.00563. The molecule has 1 heterocycles. The maximum atomic E-state index is 5.81. The van der Waals surface area contributed by atoms with Crippen LogP contribution in [0.4, 0.5) is 0 Å². The molecule has 0 aliphatic carbocycles. The minimum absolute atomic E-state index is 0.0151. The van der Waals surface area contributed by atoms with Gasteiger partial charge >= 0.3 is 0 Å². The zero-order valence-corrected chi connectivity index (χ0v) is 15.0. The Morgan fingerprint density at radius 3 is 2.96 bits per heavy atom. The van der Waals surface area contributed by atoms with Crippen molar-refractivity contribution >= 4 is 0 Å². The van der Waals surface area contributed by atoms with Crippen LogP contribution < -0.4 is 9.47 Å². The molecular formula is C20H30O3. The fraction of sp³-hybridized carbons (Fsp3) is 0.600. The number of allylic oxidation sites excluding steroid dienone is 1. The van der Waals surface area contributed by atoms with Crippen molar-refractivity contribution in [1.29, 1.82) is 0 Å². The maximum absolute atomic E-state index is 5.81. The fourth-order valence-electron chi connectivity index (χ4n) is 2.78. The molecule has 0 amide bonds. The van der Waals surface area contributed by atoms with Gasteiger partial charge in [0.15, 0.2) is 0 Å². The molecule has 2 rings (SSSR count). The molecule has 0 fully saturated rings. The van der Waals surface area contributed by atoms with E-state index in [0.29, 0.717) is 6.61 Å². The average Bonchev–Trinajstić information content (AvgIpc) is 3.02. The van der Waals surface area contributed by atoms with E-state index in [-0.39, 0.29) is 5.60 Å². The Morgan fingerprint density at radius 2 is 2.22 bits per heavy atom. The van der Waals surface area contributed by atoms with Crippen LogP contribution in [0.3, 0.4) is 0 Å². The molecule has 0 N–H and O–H groups in total. The molecule has 23 heavy (non-hydrogen) atoms. The highest BCUT2D eigenvalue weighted by Gasteiger charge is 2.19. The smallest absolute Gasteiger partial charge is 0.126 e. The standard InChI is InChI=1S/C20H30O3/c1-5-20(3,21-4)12-6-7-16(2)10-13-22-18-9-8-17-11-14-23-19(17)15-18/h8-10,15H,5-7,11-14H2,1-4H3. The Labute approximate surface area is 140 Å². The van der Waals surface area contributed by atoms with Gasteiger partial charge in [-0.05, 0) is 57.2 Å². The highest BCUT2D eigenvalue weighted by molar-refractivity contribution is 5.42. The SMILES string of the molecule is CCC(C)(CCCC(C)=CCOc1ccc2c(c1)OCC2)OC. The van der Waals surface area contributed by atoms with Crippen LogP contribution in [-0.4, -0.2) is 25.9 Å². The lowest BCUT2D eigenvalue weighted by Gasteiger charge is -2.26. The Kier molecular flexibility index (Phi) is 6.52. The molecule has 0 saturated carbocycles. The summed E-state index contributed by atoms with van der Waals surface area (Å²) in [5, 5.41) is 0. The number of benzene rings is 1. The summed E-state index contributed by atoms with van der Waals surface area (Å²) in [7, 11) is 1.81. The van der Waals surface area contributed by atoms with Crippen LogP contribution in [0.15, 0.2) is 29.8 Å². The zero-order valence-electron chi connectivity index (χ0n) is 15.0. The van der Waals surface area contributed by atoms with Crippen molar-refractivity contribution in [2.45, 2.75) is 58.5 Å². The molecule has 0 bridgehead atoms. The van der Waals surface area contributed by atoms with Crippen molar-refractivity contribution in [2.75, 3.05) is 20.3 Å². The minimum Gasteiger partial charge on any atom is -0.493 e. The number of methoxy groups -OCH3 is 1. The van der Waals surface area contributed by atoms with Gasteiger partial charge < -0.3 is 14.2 Å². The Hall–Kier alpha value is -1.48. The van der Waals surface area contributed by atoms with Gasteiger partial charge in [-0.3, -0.25) is 0 Å². The van der Waals surface area contributed by atoms with Gasteiger partial charge in [0.25, 0.3) is 0 Å². The third-order valence-electron chi connectivity index (χ3n) is 4.87. The number of ether oxygens (including phenoxy) is 3. The van der Waals surface area contributed by atoms with Gasteiger partial charge in [0, 0.05) is 19.6 Å². The van der Waals surface area contributed by atoms with Crippen LogP contribution >= 0.6 is 0 Å². The Balaban J connectivity index is 1.72. The molecule has 0 saturated heterocycles. The van der Waals surface area contributed by atoms with E-state index in [1.165, 1.54) is 11.1 Å². The van der Waals surface area contributed by atoms with Crippen LogP contribution in [0.1, 0.15) is 52.0 Å². The quantitative estimate of drug-likeness (QED) is 0.604. The normalized spacial score (nSPS) is 16.6. The van der Waals surface area contributed by atoms with Crippen molar-refractivity contribution in [3.63, 3.8) is 0 Å². The molecule has 1 atom stereocenters. The molecule has 0 spiro atoms. The van der Waals surface area contributed by atoms with Gasteiger partial charge in [-0.15, -0.1) is 0 Å². The van der Waals surface area contributed by atoms with E-state index in [2.05, 4.69) is 32.9 Å². The number of hydrogen-bond acceptors (Lipinski definition) is 3. The van der Waals surface area contributed by atoms with Crippen molar-refractivity contribution < 1.29 is 14.2 Å². The fourth-order valence-corrected chi connectivity index (χ4v) is 2.78. The van der Waals surface area contributed by atoms with Gasteiger partial charge in [0.1, 0.15) is 18.1 Å². The molecule has 0 aromatic heterocycles. The predicted molar refractivity (Wildman–Crippen MR) is 94.4 cm³/mol. The van der Waals surface area contributed by atoms with E-state index in [1.54, 1.807) is 7.11 Å². The first-order valence-corrected chi connectivity index (χ1v) is 8.65. The third kappa shape index (κ3) is 5.28. The lowest BCUT2D eigenvalue weighted by atomic mass is 9.94. The summed E-state index contributed by atoms with van der Waals surface area (Å²) in [5.41, 5.74) is 2.67. The van der Waals surface area contributed by atoms with E-state index in [9.17, 15) is 0 Å². The number of fused-ring (bicyclic) bond motifs is 1. The van der Waals surface area contributed by atoms with Gasteiger partial charge in [-0.25, -0.2) is 0 Å². The molecule has 128 valence electrons. The first-order chi connectivity index (χ1) is 11.1. The predicted octanol–water partition coefficient (Wildman–Crippen LogP) is 4.93. The highest BCUT2D eigenvalue weighted by Crippen LogP contribution is 2.29. The largest absolute Gasteiger partial charge is 0.493 e. The van der Waals surface area contributed by atoms with Gasteiger partial charge in [-0.1, -0.05) is 18.6 Å². The molecule has 1 aliphatic rings. The molecule has 1 unspecified atom stereocenters. The second-order valence-corrected chi connectivity index (χ2v) is 6.59. The summed E-state index contributed by atoms with van der Waals surface area (Å²) >= 11 is 0. The third-order valence-corrected chi connectivity index (χ3v) is 4.87. The van der Waals surface area contributed by atoms with E-state index < -0.39 is 0 Å². The topological polar surface area (TPSA) is 27.7 Å². The van der Waals surface area contributed by atoms with Crippen LogP contribution in [0.2, 0.25) is 0 Å². The van der Waals surface area contributed by atoms with Crippen LogP contribution in [0.25, 0.3) is 0 Å². The minimum atomic E-state index is 0.0151. The second-order valence-electron chi connectivity index (χ2n) is 6.59. The molecule has 1 aromatic rings. The number of hydrogen-bond donors (Lipinski definition) is 0. The zero-order chi connectivity index (χ0) is 16.7.